The summed E-state index contributed by atoms with van der Waals surface area (Å²) in [5.74, 6) is -5.68. The summed E-state index contributed by atoms with van der Waals surface area (Å²) in [5, 5.41) is -0.500. The van der Waals surface area contributed by atoms with Gasteiger partial charge in [0.25, 0.3) is 5.78 Å². The van der Waals surface area contributed by atoms with Gasteiger partial charge in [0, 0.05) is 0 Å². The van der Waals surface area contributed by atoms with E-state index in [1.807, 2.05) is 0 Å². The molecule has 1 aliphatic rings. The minimum atomic E-state index is -1.51. The number of ketones is 1. The molecule has 0 bridgehead atoms. The molecule has 0 saturated carbocycles. The van der Waals surface area contributed by atoms with Gasteiger partial charge in [-0.05, 0) is 12.1 Å². The van der Waals surface area contributed by atoms with Crippen molar-refractivity contribution in [3.05, 3.63) is 29.3 Å². The van der Waals surface area contributed by atoms with Crippen LogP contribution < -0.4 is 5.12 Å². The number of hydrogen-bond donors (Lipinski definition) is 0. The Balaban J connectivity index is 2.76. The molecule has 2 rings (SSSR count). The lowest BCUT2D eigenvalue weighted by Crippen LogP contribution is -2.20. The van der Waals surface area contributed by atoms with Crippen molar-refractivity contribution in [1.82, 2.24) is 0 Å². The van der Waals surface area contributed by atoms with Gasteiger partial charge in [-0.15, -0.1) is 5.12 Å². The van der Waals surface area contributed by atoms with E-state index in [2.05, 4.69) is 0 Å². The first-order chi connectivity index (χ1) is 6.54. The van der Waals surface area contributed by atoms with Crippen LogP contribution >= 0.6 is 0 Å². The van der Waals surface area contributed by atoms with Gasteiger partial charge in [-0.2, -0.15) is 0 Å². The summed E-state index contributed by atoms with van der Waals surface area (Å²) in [5.41, 5.74) is -1.41. The van der Waals surface area contributed by atoms with E-state index in [0.29, 0.717) is 6.07 Å². The van der Waals surface area contributed by atoms with Crippen LogP contribution in [0.1, 0.15) is 10.4 Å². The number of benzene rings is 1. The van der Waals surface area contributed by atoms with Gasteiger partial charge in [0.15, 0.2) is 11.6 Å². The maximum absolute atomic E-state index is 13.0. The topological polar surface area (TPSA) is 37.4 Å². The fourth-order valence-electron chi connectivity index (χ4n) is 1.23. The normalized spacial score (nSPS) is 14.9. The third-order valence-corrected chi connectivity index (χ3v) is 1.88. The molecular weight excluding hydrogens is 199 g/mol. The third kappa shape index (κ3) is 0.876. The number of carbonyl (C=O) groups excluding carboxylic acids is 2. The van der Waals surface area contributed by atoms with Crippen molar-refractivity contribution in [2.45, 2.75) is 0 Å². The van der Waals surface area contributed by atoms with E-state index in [4.69, 9.17) is 0 Å². The van der Waals surface area contributed by atoms with E-state index < -0.39 is 39.7 Å². The van der Waals surface area contributed by atoms with E-state index in [1.54, 1.807) is 0 Å². The van der Waals surface area contributed by atoms with Gasteiger partial charge in [-0.3, -0.25) is 9.59 Å². The number of carbonyl (C=O) groups is 2. The van der Waals surface area contributed by atoms with Crippen LogP contribution in [0.15, 0.2) is 12.1 Å². The minimum absolute atomic E-state index is 0.500. The van der Waals surface area contributed by atoms with E-state index in [0.717, 1.165) is 6.07 Å². The van der Waals surface area contributed by atoms with Gasteiger partial charge in [0.05, 0.1) is 11.3 Å². The fourth-order valence-corrected chi connectivity index (χ4v) is 1.23. The second kappa shape index (κ2) is 2.57. The SMILES string of the molecule is O=C1C(=O)N(F)c2ccc(F)c(F)c21. The molecular formula is C8H2F3NO2. The zero-order valence-electron chi connectivity index (χ0n) is 6.55. The summed E-state index contributed by atoms with van der Waals surface area (Å²) in [6, 6.07) is 1.48. The Bertz CT molecular complexity index is 458. The van der Waals surface area contributed by atoms with Crippen LogP contribution in [0.3, 0.4) is 0 Å². The van der Waals surface area contributed by atoms with Crippen molar-refractivity contribution in [3.8, 4) is 0 Å². The number of anilines is 1. The molecule has 6 heteroatoms. The maximum Gasteiger partial charge on any atom is 0.327 e. The Morgan fingerprint density at radius 2 is 1.79 bits per heavy atom. The molecule has 1 aromatic rings. The number of halogens is 3. The first-order valence-corrected chi connectivity index (χ1v) is 3.56. The van der Waals surface area contributed by atoms with Gasteiger partial charge in [0.2, 0.25) is 0 Å². The van der Waals surface area contributed by atoms with Crippen molar-refractivity contribution >= 4 is 17.4 Å². The second-order valence-corrected chi connectivity index (χ2v) is 2.67. The summed E-state index contributed by atoms with van der Waals surface area (Å²) in [4.78, 5) is 21.7. The largest absolute Gasteiger partial charge is 0.327 e. The number of Topliss-reactive ketones (excluding diaryl/α,β-unsaturated/α-hetero) is 1. The first-order valence-electron chi connectivity index (χ1n) is 3.56. The van der Waals surface area contributed by atoms with Crippen LogP contribution in [0.25, 0.3) is 0 Å². The summed E-state index contributed by atoms with van der Waals surface area (Å²) in [6.45, 7) is 0. The van der Waals surface area contributed by atoms with Crippen LogP contribution in [0.2, 0.25) is 0 Å². The molecule has 1 aromatic carbocycles. The van der Waals surface area contributed by atoms with Crippen LogP contribution in [-0.4, -0.2) is 11.7 Å². The summed E-state index contributed by atoms with van der Waals surface area (Å²) in [7, 11) is 0. The van der Waals surface area contributed by atoms with Crippen LogP contribution in [0, 0.1) is 11.6 Å². The average molecular weight is 201 g/mol. The Hall–Kier alpha value is -1.85. The predicted molar refractivity (Wildman–Crippen MR) is 39.3 cm³/mol. The average Bonchev–Trinajstić information content (AvgIpc) is 2.38. The molecule has 0 spiro atoms. The Kier molecular flexibility index (Phi) is 1.60. The summed E-state index contributed by atoms with van der Waals surface area (Å²) in [6.07, 6.45) is 0. The number of rotatable bonds is 0. The molecule has 1 heterocycles. The Morgan fingerprint density at radius 1 is 1.14 bits per heavy atom. The van der Waals surface area contributed by atoms with E-state index in [1.165, 1.54) is 0 Å². The standard InChI is InChI=1S/C8H2F3NO2/c9-3-1-2-4-5(6(3)10)7(13)8(14)12(4)11/h1-2H. The molecule has 72 valence electrons. The van der Waals surface area contributed by atoms with Crippen molar-refractivity contribution < 1.29 is 22.9 Å². The monoisotopic (exact) mass is 201 g/mol. The van der Waals surface area contributed by atoms with Gasteiger partial charge in [-0.1, -0.05) is 4.48 Å². The highest BCUT2D eigenvalue weighted by molar-refractivity contribution is 6.51. The van der Waals surface area contributed by atoms with Crippen molar-refractivity contribution in [3.63, 3.8) is 0 Å². The van der Waals surface area contributed by atoms with E-state index in [-0.39, 0.29) is 0 Å². The quantitative estimate of drug-likeness (QED) is 0.469. The van der Waals surface area contributed by atoms with E-state index in [9.17, 15) is 22.9 Å². The molecule has 1 amide bonds. The molecule has 1 aliphatic heterocycles. The second-order valence-electron chi connectivity index (χ2n) is 2.67. The van der Waals surface area contributed by atoms with Crippen molar-refractivity contribution in [2.75, 3.05) is 5.12 Å². The minimum Gasteiger partial charge on any atom is -0.283 e. The van der Waals surface area contributed by atoms with Gasteiger partial charge < -0.3 is 0 Å². The Morgan fingerprint density at radius 3 is 2.43 bits per heavy atom. The highest BCUT2D eigenvalue weighted by Gasteiger charge is 2.40. The number of amides is 1. The molecule has 0 aliphatic carbocycles. The van der Waals surface area contributed by atoms with Gasteiger partial charge in [0.1, 0.15) is 0 Å². The molecule has 0 atom stereocenters. The molecule has 14 heavy (non-hydrogen) atoms. The van der Waals surface area contributed by atoms with Gasteiger partial charge in [-0.25, -0.2) is 8.78 Å². The van der Waals surface area contributed by atoms with E-state index >= 15 is 0 Å². The van der Waals surface area contributed by atoms with Crippen molar-refractivity contribution in [1.29, 1.82) is 0 Å². The molecule has 0 saturated heterocycles. The Labute approximate surface area is 75.7 Å². The predicted octanol–water partition coefficient (Wildman–Crippen LogP) is 1.38. The maximum atomic E-state index is 13.0. The lowest BCUT2D eigenvalue weighted by Gasteiger charge is -2.02. The van der Waals surface area contributed by atoms with Crippen LogP contribution in [-0.2, 0) is 4.79 Å². The molecule has 0 aromatic heterocycles. The summed E-state index contributed by atoms with van der Waals surface area (Å²) >= 11 is 0. The molecule has 0 radical (unpaired) electrons. The lowest BCUT2D eigenvalue weighted by atomic mass is 10.1. The number of fused-ring (bicyclic) bond motifs is 1. The van der Waals surface area contributed by atoms with Gasteiger partial charge >= 0.3 is 5.91 Å². The van der Waals surface area contributed by atoms with Crippen LogP contribution in [0.5, 0.6) is 0 Å². The fraction of sp³-hybridized carbons (Fsp3) is 0. The highest BCUT2D eigenvalue weighted by Crippen LogP contribution is 2.32. The third-order valence-electron chi connectivity index (χ3n) is 1.88. The molecule has 0 N–H and O–H groups in total. The zero-order chi connectivity index (χ0) is 10.5. The lowest BCUT2D eigenvalue weighted by molar-refractivity contribution is -0.116. The summed E-state index contributed by atoms with van der Waals surface area (Å²) < 4.78 is 38.4. The number of nitrogens with zero attached hydrogens (tertiary/aromatic N) is 1. The highest BCUT2D eigenvalue weighted by atomic mass is 19.2. The first kappa shape index (κ1) is 8.74. The smallest absolute Gasteiger partial charge is 0.283 e. The molecule has 3 nitrogen and oxygen atoms in total. The molecule has 0 fully saturated rings. The zero-order valence-corrected chi connectivity index (χ0v) is 6.55. The van der Waals surface area contributed by atoms with Crippen LogP contribution in [0.4, 0.5) is 18.9 Å². The van der Waals surface area contributed by atoms with Crippen molar-refractivity contribution in [2.24, 2.45) is 0 Å². The molecule has 0 unspecified atom stereocenters. The number of hydrogen-bond acceptors (Lipinski definition) is 2.